The predicted octanol–water partition coefficient (Wildman–Crippen LogP) is 5.43. The maximum Gasteiger partial charge on any atom is 0.255 e. The zero-order valence-electron chi connectivity index (χ0n) is 13.7. The minimum Gasteiger partial charge on any atom is -0.494 e. The van der Waals surface area contributed by atoms with Crippen LogP contribution in [0.2, 0.25) is 0 Å². The van der Waals surface area contributed by atoms with E-state index in [1.165, 1.54) is 0 Å². The topological polar surface area (TPSA) is 38.3 Å². The van der Waals surface area contributed by atoms with Crippen LogP contribution in [0.5, 0.6) is 5.75 Å². The maximum absolute atomic E-state index is 12.2. The third kappa shape index (κ3) is 5.39. The summed E-state index contributed by atoms with van der Waals surface area (Å²) < 4.78 is 6.60. The summed E-state index contributed by atoms with van der Waals surface area (Å²) in [6.45, 7) is 7.04. The summed E-state index contributed by atoms with van der Waals surface area (Å²) in [6, 6.07) is 13.0. The van der Waals surface area contributed by atoms with Gasteiger partial charge in [0.1, 0.15) is 5.75 Å². The summed E-state index contributed by atoms with van der Waals surface area (Å²) >= 11 is 3.45. The molecule has 0 aromatic heterocycles. The Hall–Kier alpha value is -1.81. The van der Waals surface area contributed by atoms with E-state index in [2.05, 4.69) is 35.1 Å². The molecular formula is C19H22BrNO2. The first-order chi connectivity index (χ1) is 11.0. The van der Waals surface area contributed by atoms with Gasteiger partial charge in [0.25, 0.3) is 5.91 Å². The lowest BCUT2D eigenvalue weighted by molar-refractivity contribution is 0.102. The van der Waals surface area contributed by atoms with E-state index in [1.54, 1.807) is 0 Å². The Morgan fingerprint density at radius 2 is 1.87 bits per heavy atom. The Kier molecular flexibility index (Phi) is 6.22. The smallest absolute Gasteiger partial charge is 0.255 e. The van der Waals surface area contributed by atoms with Gasteiger partial charge in [-0.3, -0.25) is 4.79 Å². The van der Waals surface area contributed by atoms with Crippen molar-refractivity contribution in [3.05, 3.63) is 58.1 Å². The molecule has 0 unspecified atom stereocenters. The summed E-state index contributed by atoms with van der Waals surface area (Å²) in [5, 5.41) is 2.89. The van der Waals surface area contributed by atoms with Crippen LogP contribution in [0.25, 0.3) is 0 Å². The molecule has 1 N–H and O–H groups in total. The molecule has 1 amide bonds. The largest absolute Gasteiger partial charge is 0.494 e. The van der Waals surface area contributed by atoms with E-state index in [9.17, 15) is 4.79 Å². The third-order valence-corrected chi connectivity index (χ3v) is 4.36. The number of aryl methyl sites for hydroxylation is 1. The Morgan fingerprint density at radius 1 is 1.17 bits per heavy atom. The molecule has 4 heteroatoms. The van der Waals surface area contributed by atoms with Gasteiger partial charge in [-0.2, -0.15) is 0 Å². The van der Waals surface area contributed by atoms with Crippen molar-refractivity contribution in [1.29, 1.82) is 0 Å². The number of benzene rings is 2. The summed E-state index contributed by atoms with van der Waals surface area (Å²) in [4.78, 5) is 12.2. The molecule has 2 aromatic rings. The van der Waals surface area contributed by atoms with Crippen molar-refractivity contribution in [3.63, 3.8) is 0 Å². The zero-order chi connectivity index (χ0) is 16.8. The number of hydrogen-bond donors (Lipinski definition) is 1. The molecule has 3 nitrogen and oxygen atoms in total. The summed E-state index contributed by atoms with van der Waals surface area (Å²) in [5.41, 5.74) is 2.48. The normalized spacial score (nSPS) is 10.7. The molecule has 0 heterocycles. The van der Waals surface area contributed by atoms with Crippen molar-refractivity contribution in [1.82, 2.24) is 0 Å². The maximum atomic E-state index is 12.2. The van der Waals surface area contributed by atoms with E-state index in [1.807, 2.05) is 49.4 Å². The lowest BCUT2D eigenvalue weighted by atomic mass is 10.1. The average molecular weight is 376 g/mol. The van der Waals surface area contributed by atoms with Crippen molar-refractivity contribution in [2.75, 3.05) is 11.9 Å². The molecule has 0 aliphatic rings. The van der Waals surface area contributed by atoms with Crippen LogP contribution in [0.15, 0.2) is 46.9 Å². The van der Waals surface area contributed by atoms with Crippen LogP contribution in [0.1, 0.15) is 36.2 Å². The van der Waals surface area contributed by atoms with Crippen molar-refractivity contribution >= 4 is 27.5 Å². The zero-order valence-corrected chi connectivity index (χ0v) is 15.3. The number of halogens is 1. The Balaban J connectivity index is 1.94. The molecule has 122 valence electrons. The highest BCUT2D eigenvalue weighted by Crippen LogP contribution is 2.20. The second-order valence-electron chi connectivity index (χ2n) is 5.97. The lowest BCUT2D eigenvalue weighted by Gasteiger charge is -2.10. The minimum absolute atomic E-state index is 0.126. The highest BCUT2D eigenvalue weighted by atomic mass is 79.9. The lowest BCUT2D eigenvalue weighted by Crippen LogP contribution is -2.12. The Labute approximate surface area is 146 Å². The Bertz CT molecular complexity index is 666. The molecule has 0 aliphatic heterocycles. The Morgan fingerprint density at radius 3 is 2.48 bits per heavy atom. The molecule has 0 saturated carbocycles. The number of carbonyl (C=O) groups is 1. The van der Waals surface area contributed by atoms with Gasteiger partial charge in [0, 0.05) is 15.7 Å². The number of nitrogens with one attached hydrogen (secondary N) is 1. The van der Waals surface area contributed by atoms with Crippen LogP contribution in [0, 0.1) is 12.8 Å². The van der Waals surface area contributed by atoms with Gasteiger partial charge in [-0.1, -0.05) is 35.8 Å². The number of carbonyl (C=O) groups excluding carboxylic acids is 1. The fraction of sp³-hybridized carbons (Fsp3) is 0.316. The molecule has 0 radical (unpaired) electrons. The van der Waals surface area contributed by atoms with Crippen LogP contribution in [0.4, 0.5) is 5.69 Å². The van der Waals surface area contributed by atoms with Crippen LogP contribution in [-0.2, 0) is 0 Å². The van der Waals surface area contributed by atoms with Gasteiger partial charge in [0.2, 0.25) is 0 Å². The molecule has 0 aliphatic carbocycles. The predicted molar refractivity (Wildman–Crippen MR) is 98.2 cm³/mol. The molecular weight excluding hydrogens is 354 g/mol. The number of hydrogen-bond acceptors (Lipinski definition) is 2. The monoisotopic (exact) mass is 375 g/mol. The third-order valence-electron chi connectivity index (χ3n) is 3.51. The van der Waals surface area contributed by atoms with Gasteiger partial charge in [0.15, 0.2) is 0 Å². The fourth-order valence-corrected chi connectivity index (χ4v) is 2.36. The fourth-order valence-electron chi connectivity index (χ4n) is 1.98. The first-order valence-corrected chi connectivity index (χ1v) is 8.55. The van der Waals surface area contributed by atoms with Crippen LogP contribution in [-0.4, -0.2) is 12.5 Å². The molecule has 2 aromatic carbocycles. The molecule has 0 bridgehead atoms. The SMILES string of the molecule is Cc1ccc(C(=O)Nc2ccc(OCCC(C)C)cc2)cc1Br. The first-order valence-electron chi connectivity index (χ1n) is 7.76. The van der Waals surface area contributed by atoms with Crippen molar-refractivity contribution in [3.8, 4) is 5.75 Å². The van der Waals surface area contributed by atoms with Gasteiger partial charge in [-0.15, -0.1) is 0 Å². The van der Waals surface area contributed by atoms with Gasteiger partial charge in [-0.25, -0.2) is 0 Å². The average Bonchev–Trinajstić information content (AvgIpc) is 2.51. The molecule has 0 atom stereocenters. The van der Waals surface area contributed by atoms with Gasteiger partial charge in [0.05, 0.1) is 6.61 Å². The van der Waals surface area contributed by atoms with Gasteiger partial charge < -0.3 is 10.1 Å². The van der Waals surface area contributed by atoms with E-state index < -0.39 is 0 Å². The van der Waals surface area contributed by atoms with Crippen LogP contribution < -0.4 is 10.1 Å². The van der Waals surface area contributed by atoms with E-state index in [-0.39, 0.29) is 5.91 Å². The molecule has 0 saturated heterocycles. The molecule has 0 spiro atoms. The minimum atomic E-state index is -0.126. The molecule has 2 rings (SSSR count). The molecule has 23 heavy (non-hydrogen) atoms. The van der Waals surface area contributed by atoms with Crippen molar-refractivity contribution in [2.24, 2.45) is 5.92 Å². The number of amides is 1. The van der Waals surface area contributed by atoms with Crippen molar-refractivity contribution < 1.29 is 9.53 Å². The van der Waals surface area contributed by atoms with Gasteiger partial charge >= 0.3 is 0 Å². The second kappa shape index (κ2) is 8.16. The second-order valence-corrected chi connectivity index (χ2v) is 6.83. The highest BCUT2D eigenvalue weighted by Gasteiger charge is 2.08. The summed E-state index contributed by atoms with van der Waals surface area (Å²) in [6.07, 6.45) is 1.03. The standard InChI is InChI=1S/C19H22BrNO2/c1-13(2)10-11-23-17-8-6-16(7-9-17)21-19(22)15-5-4-14(3)18(20)12-15/h4-9,12-13H,10-11H2,1-3H3,(H,21,22). The van der Waals surface area contributed by atoms with Crippen LogP contribution >= 0.6 is 15.9 Å². The number of anilines is 1. The number of rotatable bonds is 6. The van der Waals surface area contributed by atoms with E-state index in [0.717, 1.165) is 27.9 Å². The van der Waals surface area contributed by atoms with E-state index in [0.29, 0.717) is 18.1 Å². The number of ether oxygens (including phenoxy) is 1. The van der Waals surface area contributed by atoms with E-state index >= 15 is 0 Å². The van der Waals surface area contributed by atoms with Crippen LogP contribution in [0.3, 0.4) is 0 Å². The van der Waals surface area contributed by atoms with E-state index in [4.69, 9.17) is 4.74 Å². The first kappa shape index (κ1) is 17.5. The molecule has 0 fully saturated rings. The quantitative estimate of drug-likeness (QED) is 0.730. The van der Waals surface area contributed by atoms with Crippen molar-refractivity contribution in [2.45, 2.75) is 27.2 Å². The summed E-state index contributed by atoms with van der Waals surface area (Å²) in [5.74, 6) is 1.32. The highest BCUT2D eigenvalue weighted by molar-refractivity contribution is 9.10. The summed E-state index contributed by atoms with van der Waals surface area (Å²) in [7, 11) is 0. The van der Waals surface area contributed by atoms with Gasteiger partial charge in [-0.05, 0) is 61.2 Å².